The number of carbonyl (C=O) groups is 1. The van der Waals surface area contributed by atoms with Gasteiger partial charge in [0.15, 0.2) is 0 Å². The van der Waals surface area contributed by atoms with Crippen LogP contribution in [0.3, 0.4) is 0 Å². The maximum absolute atomic E-state index is 12.3. The molecule has 1 N–H and O–H groups in total. The Hall–Kier alpha value is -0.770. The van der Waals surface area contributed by atoms with E-state index in [1.807, 2.05) is 25.7 Å². The quantitative estimate of drug-likeness (QED) is 0.739. The van der Waals surface area contributed by atoms with Gasteiger partial charge in [0.05, 0.1) is 0 Å². The summed E-state index contributed by atoms with van der Waals surface area (Å²) in [6, 6.07) is 1.06. The molecule has 4 nitrogen and oxygen atoms in total. The van der Waals surface area contributed by atoms with E-state index < -0.39 is 5.60 Å². The van der Waals surface area contributed by atoms with Gasteiger partial charge in [0.1, 0.15) is 5.60 Å². The van der Waals surface area contributed by atoms with Gasteiger partial charge in [0.2, 0.25) is 0 Å². The molecule has 0 aromatic rings. The minimum atomic E-state index is -0.407. The molecule has 1 amide bonds. The predicted molar refractivity (Wildman–Crippen MR) is 94.6 cm³/mol. The van der Waals surface area contributed by atoms with Crippen LogP contribution >= 0.6 is 0 Å². The molecule has 2 saturated carbocycles. The minimum Gasteiger partial charge on any atom is -0.444 e. The first-order chi connectivity index (χ1) is 10.7. The van der Waals surface area contributed by atoms with Gasteiger partial charge in [0, 0.05) is 18.6 Å². The molecule has 2 aliphatic rings. The van der Waals surface area contributed by atoms with Gasteiger partial charge in [-0.15, -0.1) is 0 Å². The molecule has 0 aliphatic heterocycles. The molecule has 2 rings (SSSR count). The van der Waals surface area contributed by atoms with Crippen molar-refractivity contribution in [2.24, 2.45) is 5.41 Å². The fourth-order valence-corrected chi connectivity index (χ4v) is 3.56. The van der Waals surface area contributed by atoms with Crippen molar-refractivity contribution >= 4 is 6.09 Å². The average molecular weight is 325 g/mol. The van der Waals surface area contributed by atoms with E-state index in [1.54, 1.807) is 0 Å². The third-order valence-corrected chi connectivity index (χ3v) is 4.83. The second-order valence-electron chi connectivity index (χ2n) is 9.17. The van der Waals surface area contributed by atoms with Crippen molar-refractivity contribution in [2.75, 3.05) is 13.1 Å². The Labute approximate surface area is 142 Å². The monoisotopic (exact) mass is 324 g/mol. The molecule has 2 aliphatic carbocycles. The summed E-state index contributed by atoms with van der Waals surface area (Å²) in [4.78, 5) is 14.2. The number of carbonyl (C=O) groups excluding carboxylic acids is 1. The van der Waals surface area contributed by atoms with E-state index in [4.69, 9.17) is 4.74 Å². The second-order valence-corrected chi connectivity index (χ2v) is 9.17. The Morgan fingerprint density at radius 2 is 1.96 bits per heavy atom. The summed E-state index contributed by atoms with van der Waals surface area (Å²) in [6.45, 7) is 12.3. The first kappa shape index (κ1) is 18.6. The molecule has 0 radical (unpaired) electrons. The zero-order valence-electron chi connectivity index (χ0n) is 15.8. The van der Waals surface area contributed by atoms with Crippen LogP contribution in [0.15, 0.2) is 0 Å². The van der Waals surface area contributed by atoms with Gasteiger partial charge in [-0.1, -0.05) is 20.3 Å². The first-order valence-electron chi connectivity index (χ1n) is 9.39. The van der Waals surface area contributed by atoms with Crippen molar-refractivity contribution in [1.29, 1.82) is 0 Å². The van der Waals surface area contributed by atoms with Gasteiger partial charge in [0.25, 0.3) is 0 Å². The van der Waals surface area contributed by atoms with Crippen molar-refractivity contribution in [2.45, 2.75) is 97.2 Å². The van der Waals surface area contributed by atoms with Crippen LogP contribution in [0.5, 0.6) is 0 Å². The van der Waals surface area contributed by atoms with Crippen molar-refractivity contribution in [3.63, 3.8) is 0 Å². The second kappa shape index (κ2) is 7.42. The van der Waals surface area contributed by atoms with E-state index >= 15 is 0 Å². The minimum absolute atomic E-state index is 0.140. The molecule has 23 heavy (non-hydrogen) atoms. The summed E-state index contributed by atoms with van der Waals surface area (Å²) in [7, 11) is 0. The Bertz CT molecular complexity index is 397. The molecule has 0 heterocycles. The van der Waals surface area contributed by atoms with Gasteiger partial charge in [-0.3, -0.25) is 0 Å². The van der Waals surface area contributed by atoms with Crippen LogP contribution in [0.25, 0.3) is 0 Å². The SMILES string of the molecule is CC1(C)CCCC(NCCCN(C(=O)OC(C)(C)C)C2CC2)C1. The fourth-order valence-electron chi connectivity index (χ4n) is 3.56. The summed E-state index contributed by atoms with van der Waals surface area (Å²) in [6.07, 6.45) is 8.36. The topological polar surface area (TPSA) is 41.6 Å². The maximum Gasteiger partial charge on any atom is 0.410 e. The van der Waals surface area contributed by atoms with Crippen LogP contribution in [0, 0.1) is 5.41 Å². The number of nitrogens with zero attached hydrogens (tertiary/aromatic N) is 1. The molecule has 1 unspecified atom stereocenters. The number of rotatable bonds is 6. The molecule has 0 bridgehead atoms. The van der Waals surface area contributed by atoms with Crippen LogP contribution in [-0.2, 0) is 4.74 Å². The molecule has 0 aromatic carbocycles. The largest absolute Gasteiger partial charge is 0.444 e. The van der Waals surface area contributed by atoms with E-state index in [1.165, 1.54) is 25.7 Å². The summed E-state index contributed by atoms with van der Waals surface area (Å²) < 4.78 is 5.54. The third kappa shape index (κ3) is 6.70. The highest BCUT2D eigenvalue weighted by Crippen LogP contribution is 2.35. The Balaban J connectivity index is 1.69. The molecule has 0 saturated heterocycles. The van der Waals surface area contributed by atoms with E-state index in [-0.39, 0.29) is 6.09 Å². The summed E-state index contributed by atoms with van der Waals surface area (Å²) in [5.41, 5.74) is 0.0721. The Kier molecular flexibility index (Phi) is 5.99. The molecule has 0 spiro atoms. The summed E-state index contributed by atoms with van der Waals surface area (Å²) in [5, 5.41) is 3.70. The normalized spacial score (nSPS) is 24.3. The number of nitrogens with one attached hydrogen (secondary N) is 1. The third-order valence-electron chi connectivity index (χ3n) is 4.83. The smallest absolute Gasteiger partial charge is 0.410 e. The zero-order valence-corrected chi connectivity index (χ0v) is 15.8. The van der Waals surface area contributed by atoms with Gasteiger partial charge >= 0.3 is 6.09 Å². The van der Waals surface area contributed by atoms with Crippen LogP contribution in [0.2, 0.25) is 0 Å². The Morgan fingerprint density at radius 1 is 1.26 bits per heavy atom. The average Bonchev–Trinajstić information content (AvgIpc) is 3.19. The number of hydrogen-bond acceptors (Lipinski definition) is 3. The highest BCUT2D eigenvalue weighted by molar-refractivity contribution is 5.69. The van der Waals surface area contributed by atoms with E-state index in [0.29, 0.717) is 17.5 Å². The number of hydrogen-bond donors (Lipinski definition) is 1. The Morgan fingerprint density at radius 3 is 2.52 bits per heavy atom. The predicted octanol–water partition coefficient (Wildman–Crippen LogP) is 4.33. The van der Waals surface area contributed by atoms with E-state index in [9.17, 15) is 4.79 Å². The highest BCUT2D eigenvalue weighted by Gasteiger charge is 2.35. The number of amides is 1. The fraction of sp³-hybridized carbons (Fsp3) is 0.947. The molecule has 2 fully saturated rings. The van der Waals surface area contributed by atoms with Gasteiger partial charge in [-0.25, -0.2) is 4.79 Å². The van der Waals surface area contributed by atoms with Crippen LogP contribution in [-0.4, -0.2) is 41.8 Å². The zero-order chi connectivity index (χ0) is 17.1. The lowest BCUT2D eigenvalue weighted by Gasteiger charge is -2.35. The lowest BCUT2D eigenvalue weighted by Crippen LogP contribution is -2.41. The lowest BCUT2D eigenvalue weighted by atomic mass is 9.75. The van der Waals surface area contributed by atoms with Crippen molar-refractivity contribution in [3.8, 4) is 0 Å². The summed E-state index contributed by atoms with van der Waals surface area (Å²) in [5.74, 6) is 0. The first-order valence-corrected chi connectivity index (χ1v) is 9.39. The van der Waals surface area contributed by atoms with Gasteiger partial charge in [-0.05, 0) is 71.3 Å². The molecule has 1 atom stereocenters. The lowest BCUT2D eigenvalue weighted by molar-refractivity contribution is 0.0231. The van der Waals surface area contributed by atoms with Crippen molar-refractivity contribution in [3.05, 3.63) is 0 Å². The van der Waals surface area contributed by atoms with Gasteiger partial charge in [-0.2, -0.15) is 0 Å². The molecule has 0 aromatic heterocycles. The highest BCUT2D eigenvalue weighted by atomic mass is 16.6. The standard InChI is InChI=1S/C19H36N2O2/c1-18(2,3)23-17(22)21(16-9-10-16)13-7-12-20-15-8-6-11-19(4,5)14-15/h15-16,20H,6-14H2,1-5H3. The maximum atomic E-state index is 12.3. The molecule has 134 valence electrons. The van der Waals surface area contributed by atoms with Crippen LogP contribution in [0.4, 0.5) is 4.79 Å². The number of ether oxygens (including phenoxy) is 1. The van der Waals surface area contributed by atoms with Crippen molar-refractivity contribution < 1.29 is 9.53 Å². The molecular formula is C19H36N2O2. The van der Waals surface area contributed by atoms with Crippen molar-refractivity contribution in [1.82, 2.24) is 10.2 Å². The van der Waals surface area contributed by atoms with Gasteiger partial charge < -0.3 is 15.0 Å². The van der Waals surface area contributed by atoms with E-state index in [0.717, 1.165) is 32.4 Å². The molecular weight excluding hydrogens is 288 g/mol. The van der Waals surface area contributed by atoms with E-state index in [2.05, 4.69) is 19.2 Å². The van der Waals surface area contributed by atoms with Crippen LogP contribution < -0.4 is 5.32 Å². The van der Waals surface area contributed by atoms with Crippen LogP contribution in [0.1, 0.15) is 79.6 Å². The molecule has 4 heteroatoms. The summed E-state index contributed by atoms with van der Waals surface area (Å²) >= 11 is 0.